The van der Waals surface area contributed by atoms with Crippen LogP contribution in [0.4, 0.5) is 0 Å². The molecule has 0 aliphatic rings. The monoisotopic (exact) mass is 422 g/mol. The van der Waals surface area contributed by atoms with Crippen LogP contribution in [-0.4, -0.2) is 10.9 Å². The van der Waals surface area contributed by atoms with E-state index in [4.69, 9.17) is 0 Å². The maximum atomic E-state index is 14.1. The molecule has 0 amide bonds. The van der Waals surface area contributed by atoms with Crippen LogP contribution in [0.3, 0.4) is 0 Å². The fourth-order valence-electron chi connectivity index (χ4n) is 5.42. The molecule has 0 saturated heterocycles. The summed E-state index contributed by atoms with van der Waals surface area (Å²) in [6.45, 7) is 0. The fourth-order valence-corrected chi connectivity index (χ4v) is 5.42. The van der Waals surface area contributed by atoms with Gasteiger partial charge < -0.3 is 5.11 Å². The first-order chi connectivity index (χ1) is 16.2. The van der Waals surface area contributed by atoms with Gasteiger partial charge in [0.1, 0.15) is 5.75 Å². The molecule has 0 saturated carbocycles. The highest BCUT2D eigenvalue weighted by atomic mass is 16.3. The molecule has 0 aliphatic heterocycles. The zero-order valence-corrected chi connectivity index (χ0v) is 17.7. The van der Waals surface area contributed by atoms with E-state index in [9.17, 15) is 9.90 Å². The summed E-state index contributed by atoms with van der Waals surface area (Å²) in [5, 5.41) is 21.3. The van der Waals surface area contributed by atoms with Crippen LogP contribution in [0.2, 0.25) is 0 Å². The molecule has 7 rings (SSSR count). The lowest BCUT2D eigenvalue weighted by Gasteiger charge is -2.16. The van der Waals surface area contributed by atoms with E-state index in [1.165, 1.54) is 5.39 Å². The highest BCUT2D eigenvalue weighted by molar-refractivity contribution is 6.31. The van der Waals surface area contributed by atoms with E-state index in [-0.39, 0.29) is 11.5 Å². The Kier molecular flexibility index (Phi) is 3.60. The van der Waals surface area contributed by atoms with Gasteiger partial charge in [-0.25, -0.2) is 0 Å². The normalized spacial score (nSPS) is 11.9. The number of fused-ring (bicyclic) bond motifs is 3. The maximum absolute atomic E-state index is 14.1. The molecule has 1 N–H and O–H groups in total. The molecule has 0 unspecified atom stereocenters. The Morgan fingerprint density at radius 3 is 1.76 bits per heavy atom. The predicted molar refractivity (Wildman–Crippen MR) is 137 cm³/mol. The number of carbonyl (C=O) groups excluding carboxylic acids is 1. The summed E-state index contributed by atoms with van der Waals surface area (Å²) < 4.78 is 0. The standard InChI is InChI=1S/C31H18O2/c32-30-25-11-4-2-9-22(25)21-8-1-3-10-23(21)29(30)31(33)26-17-15-20-13-12-18-6-5-7-19-14-16-24(26)28(20)27(18)19/h1-17,32H. The fraction of sp³-hybridized carbons (Fsp3) is 0. The van der Waals surface area contributed by atoms with Crippen molar-refractivity contribution >= 4 is 59.6 Å². The average molecular weight is 422 g/mol. The third-order valence-corrected chi connectivity index (χ3v) is 6.91. The molecule has 0 fully saturated rings. The smallest absolute Gasteiger partial charge is 0.198 e. The summed E-state index contributed by atoms with van der Waals surface area (Å²) in [5.41, 5.74) is 0.968. The second-order valence-corrected chi connectivity index (χ2v) is 8.61. The number of hydrogen-bond acceptors (Lipinski definition) is 2. The van der Waals surface area contributed by atoms with Gasteiger partial charge in [-0.2, -0.15) is 0 Å². The molecule has 0 spiro atoms. The number of phenolic OH excluding ortho intramolecular Hbond substituents is 1. The summed E-state index contributed by atoms with van der Waals surface area (Å²) in [4.78, 5) is 14.1. The van der Waals surface area contributed by atoms with Crippen molar-refractivity contribution in [1.82, 2.24) is 0 Å². The minimum Gasteiger partial charge on any atom is -0.507 e. The van der Waals surface area contributed by atoms with Crippen LogP contribution in [0.25, 0.3) is 53.9 Å². The van der Waals surface area contributed by atoms with Gasteiger partial charge in [0.25, 0.3) is 0 Å². The van der Waals surface area contributed by atoms with Gasteiger partial charge in [-0.15, -0.1) is 0 Å². The van der Waals surface area contributed by atoms with E-state index in [0.29, 0.717) is 16.5 Å². The molecule has 0 atom stereocenters. The first kappa shape index (κ1) is 18.2. The van der Waals surface area contributed by atoms with E-state index in [1.54, 1.807) is 0 Å². The van der Waals surface area contributed by atoms with Gasteiger partial charge in [-0.1, -0.05) is 97.1 Å². The number of phenols is 1. The van der Waals surface area contributed by atoms with Gasteiger partial charge in [0.15, 0.2) is 5.78 Å². The first-order valence-corrected chi connectivity index (χ1v) is 11.1. The van der Waals surface area contributed by atoms with Crippen molar-refractivity contribution in [2.75, 3.05) is 0 Å². The van der Waals surface area contributed by atoms with Crippen molar-refractivity contribution in [1.29, 1.82) is 0 Å². The van der Waals surface area contributed by atoms with Crippen molar-refractivity contribution in [3.8, 4) is 5.75 Å². The van der Waals surface area contributed by atoms with E-state index >= 15 is 0 Å². The van der Waals surface area contributed by atoms with Crippen LogP contribution in [0, 0.1) is 0 Å². The van der Waals surface area contributed by atoms with Crippen LogP contribution >= 0.6 is 0 Å². The van der Waals surface area contributed by atoms with Gasteiger partial charge in [0.05, 0.1) is 5.56 Å². The van der Waals surface area contributed by atoms with Crippen LogP contribution in [0.5, 0.6) is 5.75 Å². The Balaban J connectivity index is 1.59. The Hall–Kier alpha value is -4.43. The SMILES string of the molecule is O=C(c1c(O)c2ccccc2c2ccccc12)c1ccc2ccc3cccc4ccc1c2c34. The van der Waals surface area contributed by atoms with Crippen molar-refractivity contribution in [2.45, 2.75) is 0 Å². The predicted octanol–water partition coefficient (Wildman–Crippen LogP) is 7.83. The van der Waals surface area contributed by atoms with Crippen molar-refractivity contribution in [3.63, 3.8) is 0 Å². The van der Waals surface area contributed by atoms with Crippen molar-refractivity contribution in [3.05, 3.63) is 114 Å². The van der Waals surface area contributed by atoms with Crippen LogP contribution in [0.15, 0.2) is 103 Å². The lowest BCUT2D eigenvalue weighted by molar-refractivity contribution is 0.103. The summed E-state index contributed by atoms with van der Waals surface area (Å²) in [7, 11) is 0. The Bertz CT molecular complexity index is 1880. The van der Waals surface area contributed by atoms with Gasteiger partial charge >= 0.3 is 0 Å². The zero-order chi connectivity index (χ0) is 22.1. The molecule has 2 nitrogen and oxygen atoms in total. The summed E-state index contributed by atoms with van der Waals surface area (Å²) >= 11 is 0. The highest BCUT2D eigenvalue weighted by Crippen LogP contribution is 2.41. The molecular weight excluding hydrogens is 404 g/mol. The van der Waals surface area contributed by atoms with Crippen molar-refractivity contribution in [2.24, 2.45) is 0 Å². The molecular formula is C31H18O2. The second-order valence-electron chi connectivity index (χ2n) is 8.61. The first-order valence-electron chi connectivity index (χ1n) is 11.1. The van der Waals surface area contributed by atoms with E-state index in [0.717, 1.165) is 43.1 Å². The van der Waals surface area contributed by atoms with Gasteiger partial charge in [-0.3, -0.25) is 4.79 Å². The molecule has 33 heavy (non-hydrogen) atoms. The number of carbonyl (C=O) groups is 1. The summed E-state index contributed by atoms with van der Waals surface area (Å²) in [5.74, 6) is -0.118. The number of aromatic hydroxyl groups is 1. The molecule has 7 aromatic rings. The van der Waals surface area contributed by atoms with Crippen molar-refractivity contribution < 1.29 is 9.90 Å². The van der Waals surface area contributed by atoms with Gasteiger partial charge in [0, 0.05) is 10.9 Å². The Morgan fingerprint density at radius 2 is 1.03 bits per heavy atom. The number of benzene rings is 7. The minimum absolute atomic E-state index is 0.0417. The van der Waals surface area contributed by atoms with E-state index in [2.05, 4.69) is 36.4 Å². The lowest BCUT2D eigenvalue weighted by Crippen LogP contribution is -2.05. The Labute approximate surface area is 189 Å². The lowest BCUT2D eigenvalue weighted by atomic mass is 9.87. The maximum Gasteiger partial charge on any atom is 0.198 e. The Morgan fingerprint density at radius 1 is 0.485 bits per heavy atom. The van der Waals surface area contributed by atoms with Gasteiger partial charge in [0.2, 0.25) is 0 Å². The number of rotatable bonds is 2. The topological polar surface area (TPSA) is 37.3 Å². The number of ketones is 1. The third kappa shape index (κ3) is 2.41. The van der Waals surface area contributed by atoms with Crippen LogP contribution in [0.1, 0.15) is 15.9 Å². The molecule has 0 radical (unpaired) electrons. The number of hydrogen-bond donors (Lipinski definition) is 1. The average Bonchev–Trinajstić information content (AvgIpc) is 2.87. The summed E-state index contributed by atoms with van der Waals surface area (Å²) in [6, 6.07) is 34.1. The largest absolute Gasteiger partial charge is 0.507 e. The third-order valence-electron chi connectivity index (χ3n) is 6.91. The van der Waals surface area contributed by atoms with E-state index < -0.39 is 0 Å². The minimum atomic E-state index is -0.160. The molecule has 0 aliphatic carbocycles. The quantitative estimate of drug-likeness (QED) is 0.228. The highest BCUT2D eigenvalue weighted by Gasteiger charge is 2.23. The zero-order valence-electron chi connectivity index (χ0n) is 17.7. The second kappa shape index (κ2) is 6.54. The van der Waals surface area contributed by atoms with E-state index in [1.807, 2.05) is 66.7 Å². The van der Waals surface area contributed by atoms with Crippen LogP contribution < -0.4 is 0 Å². The molecule has 0 bridgehead atoms. The molecule has 154 valence electrons. The summed E-state index contributed by atoms with van der Waals surface area (Å²) in [6.07, 6.45) is 0. The molecule has 7 aromatic carbocycles. The van der Waals surface area contributed by atoms with Gasteiger partial charge in [-0.05, 0) is 54.5 Å². The van der Waals surface area contributed by atoms with Crippen LogP contribution in [-0.2, 0) is 0 Å². The molecule has 0 aromatic heterocycles. The molecule has 0 heterocycles. The molecule has 2 heteroatoms.